The van der Waals surface area contributed by atoms with Crippen LogP contribution < -0.4 is 0 Å². The van der Waals surface area contributed by atoms with Crippen molar-refractivity contribution in [2.45, 2.75) is 46.1 Å². The van der Waals surface area contributed by atoms with Crippen molar-refractivity contribution in [3.8, 4) is 0 Å². The zero-order valence-electron chi connectivity index (χ0n) is 10.9. The molecule has 1 aromatic rings. The molecule has 0 aliphatic carbocycles. The van der Waals surface area contributed by atoms with E-state index in [2.05, 4.69) is 56.0 Å². The minimum Gasteiger partial charge on any atom is -0.297 e. The summed E-state index contributed by atoms with van der Waals surface area (Å²) in [7, 11) is 0. The number of rotatable bonds is 7. The number of benzene rings is 1. The minimum absolute atomic E-state index is 0.608. The Kier molecular flexibility index (Phi) is 6.17. The van der Waals surface area contributed by atoms with E-state index in [9.17, 15) is 0 Å². The van der Waals surface area contributed by atoms with Crippen LogP contribution in [0.5, 0.6) is 0 Å². The second-order valence-corrected chi connectivity index (χ2v) is 4.29. The van der Waals surface area contributed by atoms with Gasteiger partial charge in [-0.3, -0.25) is 4.90 Å². The lowest BCUT2D eigenvalue weighted by Gasteiger charge is -2.30. The third-order valence-electron chi connectivity index (χ3n) is 3.27. The van der Waals surface area contributed by atoms with Gasteiger partial charge < -0.3 is 0 Å². The van der Waals surface area contributed by atoms with Gasteiger partial charge in [0.25, 0.3) is 0 Å². The average molecular weight is 219 g/mol. The third kappa shape index (κ3) is 3.64. The Labute approximate surface area is 100 Å². The van der Waals surface area contributed by atoms with Gasteiger partial charge in [0.2, 0.25) is 0 Å². The van der Waals surface area contributed by atoms with Gasteiger partial charge >= 0.3 is 0 Å². The topological polar surface area (TPSA) is 3.24 Å². The molecular weight excluding hydrogens is 194 g/mol. The molecule has 0 amide bonds. The molecule has 16 heavy (non-hydrogen) atoms. The number of hydrogen-bond acceptors (Lipinski definition) is 1. The summed E-state index contributed by atoms with van der Waals surface area (Å²) in [6.45, 7) is 9.06. The molecule has 0 fully saturated rings. The summed E-state index contributed by atoms with van der Waals surface area (Å²) >= 11 is 0. The average Bonchev–Trinajstić information content (AvgIpc) is 2.35. The van der Waals surface area contributed by atoms with Crippen LogP contribution >= 0.6 is 0 Å². The van der Waals surface area contributed by atoms with Crippen LogP contribution in [0.2, 0.25) is 0 Å². The van der Waals surface area contributed by atoms with Gasteiger partial charge in [-0.1, -0.05) is 63.9 Å². The van der Waals surface area contributed by atoms with E-state index in [1.807, 2.05) is 0 Å². The molecule has 1 unspecified atom stereocenters. The van der Waals surface area contributed by atoms with E-state index < -0.39 is 0 Å². The summed E-state index contributed by atoms with van der Waals surface area (Å²) < 4.78 is 0. The summed E-state index contributed by atoms with van der Waals surface area (Å²) in [4.78, 5) is 2.56. The van der Waals surface area contributed by atoms with Crippen LogP contribution in [0.15, 0.2) is 30.3 Å². The molecular formula is C15H25N. The molecule has 0 bridgehead atoms. The van der Waals surface area contributed by atoms with E-state index in [1.165, 1.54) is 24.8 Å². The summed E-state index contributed by atoms with van der Waals surface area (Å²) in [5.41, 5.74) is 1.47. The highest BCUT2D eigenvalue weighted by Crippen LogP contribution is 2.25. The van der Waals surface area contributed by atoms with Crippen LogP contribution in [0.1, 0.15) is 51.6 Å². The quantitative estimate of drug-likeness (QED) is 0.662. The van der Waals surface area contributed by atoms with Gasteiger partial charge in [-0.05, 0) is 25.1 Å². The van der Waals surface area contributed by atoms with Gasteiger partial charge in [-0.25, -0.2) is 0 Å². The number of hydrogen-bond donors (Lipinski definition) is 0. The molecule has 0 aromatic heterocycles. The normalized spacial score (nSPS) is 13.0. The third-order valence-corrected chi connectivity index (χ3v) is 3.27. The summed E-state index contributed by atoms with van der Waals surface area (Å²) in [6, 6.07) is 11.5. The Balaban J connectivity index is 2.78. The van der Waals surface area contributed by atoms with Crippen molar-refractivity contribution in [1.82, 2.24) is 4.90 Å². The van der Waals surface area contributed by atoms with E-state index in [0.29, 0.717) is 6.04 Å². The molecule has 1 atom stereocenters. The Morgan fingerprint density at radius 2 is 1.62 bits per heavy atom. The van der Waals surface area contributed by atoms with Crippen molar-refractivity contribution in [3.05, 3.63) is 35.9 Å². The summed E-state index contributed by atoms with van der Waals surface area (Å²) in [5.74, 6) is 0. The molecule has 0 N–H and O–H groups in total. The number of unbranched alkanes of at least 4 members (excludes halogenated alkanes) is 1. The lowest BCUT2D eigenvalue weighted by Crippen LogP contribution is -2.28. The number of nitrogens with zero attached hydrogens (tertiary/aromatic N) is 1. The second kappa shape index (κ2) is 7.45. The summed E-state index contributed by atoms with van der Waals surface area (Å²) in [6.07, 6.45) is 3.88. The van der Waals surface area contributed by atoms with Crippen molar-refractivity contribution in [3.63, 3.8) is 0 Å². The highest BCUT2D eigenvalue weighted by atomic mass is 15.1. The van der Waals surface area contributed by atoms with E-state index in [4.69, 9.17) is 0 Å². The molecule has 0 radical (unpaired) electrons. The summed E-state index contributed by atoms with van der Waals surface area (Å²) in [5, 5.41) is 0. The van der Waals surface area contributed by atoms with Crippen molar-refractivity contribution in [2.24, 2.45) is 0 Å². The van der Waals surface area contributed by atoms with Crippen LogP contribution in [-0.2, 0) is 0 Å². The van der Waals surface area contributed by atoms with Crippen LogP contribution in [0.25, 0.3) is 0 Å². The van der Waals surface area contributed by atoms with Crippen LogP contribution in [0.4, 0.5) is 0 Å². The predicted octanol–water partition coefficient (Wildman–Crippen LogP) is 4.26. The standard InChI is InChI=1S/C15H25N/c1-4-7-13-15(16(5-2)6-3)14-11-9-8-10-12-14/h8-12,15H,4-7,13H2,1-3H3. The zero-order chi connectivity index (χ0) is 11.8. The zero-order valence-corrected chi connectivity index (χ0v) is 10.9. The van der Waals surface area contributed by atoms with Gasteiger partial charge in [0.1, 0.15) is 0 Å². The van der Waals surface area contributed by atoms with Crippen molar-refractivity contribution in [2.75, 3.05) is 13.1 Å². The van der Waals surface area contributed by atoms with E-state index in [1.54, 1.807) is 0 Å². The Bertz CT molecular complexity index is 264. The lowest BCUT2D eigenvalue weighted by atomic mass is 9.99. The van der Waals surface area contributed by atoms with E-state index >= 15 is 0 Å². The molecule has 0 aliphatic rings. The first-order valence-corrected chi connectivity index (χ1v) is 6.62. The van der Waals surface area contributed by atoms with Crippen molar-refractivity contribution >= 4 is 0 Å². The Hall–Kier alpha value is -0.820. The van der Waals surface area contributed by atoms with Gasteiger partial charge in [0, 0.05) is 6.04 Å². The highest BCUT2D eigenvalue weighted by Gasteiger charge is 2.16. The highest BCUT2D eigenvalue weighted by molar-refractivity contribution is 5.19. The molecule has 0 saturated heterocycles. The van der Waals surface area contributed by atoms with Crippen molar-refractivity contribution < 1.29 is 0 Å². The molecule has 1 rings (SSSR count). The largest absolute Gasteiger partial charge is 0.297 e. The van der Waals surface area contributed by atoms with Crippen molar-refractivity contribution in [1.29, 1.82) is 0 Å². The predicted molar refractivity (Wildman–Crippen MR) is 71.6 cm³/mol. The first kappa shape index (κ1) is 13.2. The monoisotopic (exact) mass is 219 g/mol. The lowest BCUT2D eigenvalue weighted by molar-refractivity contribution is 0.205. The fraction of sp³-hybridized carbons (Fsp3) is 0.600. The molecule has 0 spiro atoms. The van der Waals surface area contributed by atoms with Gasteiger partial charge in [0.15, 0.2) is 0 Å². The van der Waals surface area contributed by atoms with Crippen LogP contribution in [0.3, 0.4) is 0 Å². The fourth-order valence-corrected chi connectivity index (χ4v) is 2.30. The van der Waals surface area contributed by atoms with Gasteiger partial charge in [-0.15, -0.1) is 0 Å². The van der Waals surface area contributed by atoms with Crippen LogP contribution in [-0.4, -0.2) is 18.0 Å². The Morgan fingerprint density at radius 3 is 2.12 bits per heavy atom. The van der Waals surface area contributed by atoms with Gasteiger partial charge in [0.05, 0.1) is 0 Å². The van der Waals surface area contributed by atoms with Crippen LogP contribution in [0, 0.1) is 0 Å². The Morgan fingerprint density at radius 1 is 1.00 bits per heavy atom. The molecule has 0 saturated carbocycles. The fourth-order valence-electron chi connectivity index (χ4n) is 2.30. The molecule has 1 heteroatoms. The SMILES string of the molecule is CCCCC(c1ccccc1)N(CC)CC. The van der Waals surface area contributed by atoms with Gasteiger partial charge in [-0.2, -0.15) is 0 Å². The first-order chi connectivity index (χ1) is 7.83. The second-order valence-electron chi connectivity index (χ2n) is 4.29. The van der Waals surface area contributed by atoms with E-state index in [-0.39, 0.29) is 0 Å². The first-order valence-electron chi connectivity index (χ1n) is 6.62. The smallest absolute Gasteiger partial charge is 0.0347 e. The maximum absolute atomic E-state index is 2.56. The maximum Gasteiger partial charge on any atom is 0.0347 e. The molecule has 0 aliphatic heterocycles. The molecule has 1 nitrogen and oxygen atoms in total. The molecule has 1 aromatic carbocycles. The maximum atomic E-state index is 2.56. The molecule has 0 heterocycles. The minimum atomic E-state index is 0.608. The molecule has 90 valence electrons. The van der Waals surface area contributed by atoms with E-state index in [0.717, 1.165) is 13.1 Å².